The average molecular weight is 352 g/mol. The summed E-state index contributed by atoms with van der Waals surface area (Å²) in [5, 5.41) is 4.42. The molecule has 8 heteroatoms. The molecule has 1 aromatic carbocycles. The zero-order chi connectivity index (χ0) is 18.3. The molecule has 0 bridgehead atoms. The molecule has 1 aromatic heterocycles. The number of nitrogens with one attached hydrogen (secondary N) is 2. The highest BCUT2D eigenvalue weighted by Crippen LogP contribution is 2.13. The van der Waals surface area contributed by atoms with Gasteiger partial charge in [0.1, 0.15) is 6.54 Å². The van der Waals surface area contributed by atoms with Gasteiger partial charge in [0.15, 0.2) is 0 Å². The Kier molecular flexibility index (Phi) is 5.99. The molecule has 25 heavy (non-hydrogen) atoms. The first-order valence-electron chi connectivity index (χ1n) is 7.25. The van der Waals surface area contributed by atoms with Crippen LogP contribution in [0.2, 0.25) is 0 Å². The van der Waals surface area contributed by atoms with Crippen molar-refractivity contribution in [3.63, 3.8) is 0 Å². The number of benzene rings is 1. The van der Waals surface area contributed by atoms with Crippen molar-refractivity contribution in [2.24, 2.45) is 0 Å². The normalized spacial score (nSPS) is 11.5. The molecule has 0 aliphatic heterocycles. The second-order valence-electron chi connectivity index (χ2n) is 5.14. The smallest absolute Gasteiger partial charge is 0.405 e. The van der Waals surface area contributed by atoms with E-state index in [1.807, 2.05) is 0 Å². The Hall–Kier alpha value is -3.03. The highest BCUT2D eigenvalue weighted by atomic mass is 19.4. The van der Waals surface area contributed by atoms with E-state index >= 15 is 0 Å². The number of hydrogen-bond acceptors (Lipinski definition) is 3. The van der Waals surface area contributed by atoms with Crippen LogP contribution < -0.4 is 10.6 Å². The predicted molar refractivity (Wildman–Crippen MR) is 85.6 cm³/mol. The van der Waals surface area contributed by atoms with E-state index in [0.717, 1.165) is 5.56 Å². The van der Waals surface area contributed by atoms with Gasteiger partial charge in [-0.1, -0.05) is 12.1 Å². The van der Waals surface area contributed by atoms with Gasteiger partial charge in [0.05, 0.1) is 18.9 Å². The lowest BCUT2D eigenvalue weighted by Crippen LogP contribution is -2.34. The number of alkyl halides is 3. The van der Waals surface area contributed by atoms with E-state index in [9.17, 15) is 22.8 Å². The Morgan fingerprint density at radius 2 is 1.84 bits per heavy atom. The van der Waals surface area contributed by atoms with Crippen LogP contribution in [0, 0.1) is 0 Å². The summed E-state index contributed by atoms with van der Waals surface area (Å²) in [6, 6.07) is 7.94. The van der Waals surface area contributed by atoms with Crippen LogP contribution in [0.5, 0.6) is 0 Å². The molecule has 0 radical (unpaired) electrons. The van der Waals surface area contributed by atoms with Crippen LogP contribution >= 0.6 is 0 Å². The maximum atomic E-state index is 12.0. The Labute approximate surface area is 141 Å². The maximum Gasteiger partial charge on any atom is 0.405 e. The summed E-state index contributed by atoms with van der Waals surface area (Å²) < 4.78 is 40.9. The van der Waals surface area contributed by atoms with Crippen LogP contribution in [0.25, 0.3) is 6.08 Å². The van der Waals surface area contributed by atoms with Crippen molar-refractivity contribution in [3.8, 4) is 0 Å². The Morgan fingerprint density at radius 1 is 1.12 bits per heavy atom. The van der Waals surface area contributed by atoms with E-state index in [0.29, 0.717) is 11.3 Å². The van der Waals surface area contributed by atoms with Gasteiger partial charge in [0.25, 0.3) is 0 Å². The lowest BCUT2D eigenvalue weighted by Gasteiger charge is -2.08. The third kappa shape index (κ3) is 6.94. The quantitative estimate of drug-likeness (QED) is 0.785. The van der Waals surface area contributed by atoms with Crippen LogP contribution in [0.1, 0.15) is 11.1 Å². The van der Waals surface area contributed by atoms with E-state index in [2.05, 4.69) is 5.32 Å². The standard InChI is InChI=1S/C17H15F3N2O3/c18-17(19,20)11-21-16(24)9-12-1-4-14(5-2-12)22-15(23)6-3-13-7-8-25-10-13/h1-8,10H,9,11H2,(H,21,24)(H,22,23). The second kappa shape index (κ2) is 8.18. The predicted octanol–water partition coefficient (Wildman–Crippen LogP) is 3.15. The van der Waals surface area contributed by atoms with Crippen LogP contribution in [-0.2, 0) is 16.0 Å². The molecule has 132 valence electrons. The molecule has 2 rings (SSSR count). The molecule has 0 unspecified atom stereocenters. The monoisotopic (exact) mass is 352 g/mol. The summed E-state index contributed by atoms with van der Waals surface area (Å²) >= 11 is 0. The number of carbonyl (C=O) groups is 2. The third-order valence-electron chi connectivity index (χ3n) is 3.04. The van der Waals surface area contributed by atoms with Gasteiger partial charge in [-0.2, -0.15) is 13.2 Å². The van der Waals surface area contributed by atoms with Gasteiger partial charge in [-0.15, -0.1) is 0 Å². The summed E-state index contributed by atoms with van der Waals surface area (Å²) in [4.78, 5) is 23.2. The largest absolute Gasteiger partial charge is 0.472 e. The molecule has 0 aliphatic carbocycles. The number of hydrogen-bond donors (Lipinski definition) is 2. The number of rotatable bonds is 6. The Morgan fingerprint density at radius 3 is 2.44 bits per heavy atom. The minimum atomic E-state index is -4.44. The molecule has 2 aromatic rings. The van der Waals surface area contributed by atoms with Gasteiger partial charge in [0.2, 0.25) is 11.8 Å². The number of furan rings is 1. The first kappa shape index (κ1) is 18.3. The van der Waals surface area contributed by atoms with Crippen LogP contribution in [0.15, 0.2) is 53.4 Å². The molecule has 0 aliphatic rings. The van der Waals surface area contributed by atoms with Gasteiger partial charge >= 0.3 is 6.18 Å². The lowest BCUT2D eigenvalue weighted by molar-refractivity contribution is -0.138. The molecule has 0 saturated heterocycles. The maximum absolute atomic E-state index is 12.0. The van der Waals surface area contributed by atoms with Crippen molar-refractivity contribution >= 4 is 23.6 Å². The van der Waals surface area contributed by atoms with Crippen LogP contribution in [-0.4, -0.2) is 24.5 Å². The summed E-state index contributed by atoms with van der Waals surface area (Å²) in [6.07, 6.45) is 1.28. The number of carbonyl (C=O) groups excluding carboxylic acids is 2. The van der Waals surface area contributed by atoms with E-state index < -0.39 is 18.6 Å². The number of anilines is 1. The zero-order valence-corrected chi connectivity index (χ0v) is 13.0. The Bertz CT molecular complexity index is 735. The van der Waals surface area contributed by atoms with Crippen molar-refractivity contribution in [1.82, 2.24) is 5.32 Å². The van der Waals surface area contributed by atoms with E-state index in [1.165, 1.54) is 18.6 Å². The topological polar surface area (TPSA) is 71.3 Å². The van der Waals surface area contributed by atoms with E-state index in [-0.39, 0.29) is 12.3 Å². The van der Waals surface area contributed by atoms with Crippen molar-refractivity contribution in [3.05, 3.63) is 60.1 Å². The molecular weight excluding hydrogens is 337 g/mol. The molecular formula is C17H15F3N2O3. The van der Waals surface area contributed by atoms with E-state index in [1.54, 1.807) is 41.7 Å². The summed E-state index contributed by atoms with van der Waals surface area (Å²) in [7, 11) is 0. The minimum Gasteiger partial charge on any atom is -0.472 e. The molecule has 0 saturated carbocycles. The second-order valence-corrected chi connectivity index (χ2v) is 5.14. The summed E-state index contributed by atoms with van der Waals surface area (Å²) in [5.41, 5.74) is 1.78. The van der Waals surface area contributed by atoms with Gasteiger partial charge in [-0.05, 0) is 29.8 Å². The summed E-state index contributed by atoms with van der Waals surface area (Å²) in [6.45, 7) is -1.36. The minimum absolute atomic E-state index is 0.176. The zero-order valence-electron chi connectivity index (χ0n) is 13.0. The highest BCUT2D eigenvalue weighted by molar-refractivity contribution is 6.01. The molecule has 0 spiro atoms. The molecule has 1 heterocycles. The lowest BCUT2D eigenvalue weighted by atomic mass is 10.1. The molecule has 5 nitrogen and oxygen atoms in total. The molecule has 0 atom stereocenters. The summed E-state index contributed by atoms with van der Waals surface area (Å²) in [5.74, 6) is -1.07. The highest BCUT2D eigenvalue weighted by Gasteiger charge is 2.27. The van der Waals surface area contributed by atoms with Crippen molar-refractivity contribution in [1.29, 1.82) is 0 Å². The number of halogens is 3. The average Bonchev–Trinajstić information content (AvgIpc) is 3.06. The van der Waals surface area contributed by atoms with Crippen molar-refractivity contribution in [2.45, 2.75) is 12.6 Å². The first-order valence-corrected chi connectivity index (χ1v) is 7.25. The van der Waals surface area contributed by atoms with Gasteiger partial charge in [0, 0.05) is 17.3 Å². The van der Waals surface area contributed by atoms with Crippen molar-refractivity contribution < 1.29 is 27.2 Å². The fraction of sp³-hybridized carbons (Fsp3) is 0.176. The van der Waals surface area contributed by atoms with Crippen molar-refractivity contribution in [2.75, 3.05) is 11.9 Å². The van der Waals surface area contributed by atoms with Crippen LogP contribution in [0.3, 0.4) is 0 Å². The number of amides is 2. The first-order chi connectivity index (χ1) is 11.8. The molecule has 2 N–H and O–H groups in total. The molecule has 2 amide bonds. The fourth-order valence-electron chi connectivity index (χ4n) is 1.88. The van der Waals surface area contributed by atoms with Gasteiger partial charge in [-0.25, -0.2) is 0 Å². The van der Waals surface area contributed by atoms with Gasteiger partial charge < -0.3 is 15.1 Å². The van der Waals surface area contributed by atoms with E-state index in [4.69, 9.17) is 4.42 Å². The molecule has 0 fully saturated rings. The SMILES string of the molecule is O=C(C=Cc1ccoc1)Nc1ccc(CC(=O)NCC(F)(F)F)cc1. The van der Waals surface area contributed by atoms with Gasteiger partial charge in [-0.3, -0.25) is 9.59 Å². The Balaban J connectivity index is 1.83. The van der Waals surface area contributed by atoms with Crippen LogP contribution in [0.4, 0.5) is 18.9 Å². The third-order valence-corrected chi connectivity index (χ3v) is 3.04. The fourth-order valence-corrected chi connectivity index (χ4v) is 1.88.